The molecule has 0 spiro atoms. The molecule has 1 fully saturated rings. The predicted octanol–water partition coefficient (Wildman–Crippen LogP) is 1.52. The van der Waals surface area contributed by atoms with Crippen LogP contribution < -0.4 is 0 Å². The summed E-state index contributed by atoms with van der Waals surface area (Å²) in [6.07, 6.45) is 1.40. The van der Waals surface area contributed by atoms with Crippen molar-refractivity contribution in [2.24, 2.45) is 0 Å². The maximum Gasteiger partial charge on any atom is 0.0249 e. The lowest BCUT2D eigenvalue weighted by Gasteiger charge is -2.09. The number of likely N-dealkylation sites (tertiary alicyclic amines) is 1. The van der Waals surface area contributed by atoms with Gasteiger partial charge in [-0.05, 0) is 19.5 Å². The van der Waals surface area contributed by atoms with Crippen molar-refractivity contribution in [3.8, 4) is 0 Å². The minimum absolute atomic E-state index is 0.924. The maximum atomic E-state index is 2.53. The molecule has 0 saturated carbocycles. The Morgan fingerprint density at radius 1 is 1.75 bits per heavy atom. The van der Waals surface area contributed by atoms with Crippen molar-refractivity contribution >= 4 is 22.6 Å². The van der Waals surface area contributed by atoms with Crippen LogP contribution in [0.5, 0.6) is 0 Å². The Kier molecular flexibility index (Phi) is 2.56. The first-order valence-corrected chi connectivity index (χ1v) is 4.44. The number of rotatable bonds is 1. The molecule has 0 aromatic carbocycles. The zero-order valence-corrected chi connectivity index (χ0v) is 7.39. The highest BCUT2D eigenvalue weighted by atomic mass is 127. The molecule has 1 nitrogen and oxygen atoms in total. The summed E-state index contributed by atoms with van der Waals surface area (Å²) in [5.41, 5.74) is 0. The molecule has 2 heteroatoms. The van der Waals surface area contributed by atoms with Gasteiger partial charge < -0.3 is 4.90 Å². The lowest BCUT2D eigenvalue weighted by atomic mass is 10.4. The van der Waals surface area contributed by atoms with Gasteiger partial charge >= 0.3 is 0 Å². The number of hydrogen-bond acceptors (Lipinski definition) is 1. The molecule has 0 radical (unpaired) electrons. The van der Waals surface area contributed by atoms with Crippen LogP contribution in [0.1, 0.15) is 13.3 Å². The first kappa shape index (κ1) is 6.81. The summed E-state index contributed by atoms with van der Waals surface area (Å²) in [4.78, 5) is 2.50. The normalized spacial score (nSPS) is 31.5. The van der Waals surface area contributed by atoms with Crippen molar-refractivity contribution in [2.45, 2.75) is 17.3 Å². The maximum absolute atomic E-state index is 2.53. The Bertz CT molecular complexity index is 74.9. The van der Waals surface area contributed by atoms with E-state index in [0.717, 1.165) is 3.92 Å². The quantitative estimate of drug-likeness (QED) is 0.483. The third-order valence-electron chi connectivity index (χ3n) is 1.66. The van der Waals surface area contributed by atoms with Crippen molar-refractivity contribution < 1.29 is 0 Å². The molecule has 48 valence electrons. The molecule has 1 rings (SSSR count). The fraction of sp³-hybridized carbons (Fsp3) is 1.00. The zero-order chi connectivity index (χ0) is 5.98. The SMILES string of the molecule is CCN1CC[C@@H](I)C1. The standard InChI is InChI=1S/C6H12IN/c1-2-8-4-3-6(7)5-8/h6H,2-5H2,1H3/t6-/m1/s1. The zero-order valence-electron chi connectivity index (χ0n) is 5.23. The summed E-state index contributed by atoms with van der Waals surface area (Å²) in [7, 11) is 0. The van der Waals surface area contributed by atoms with E-state index in [4.69, 9.17) is 0 Å². The van der Waals surface area contributed by atoms with Crippen LogP contribution in [-0.2, 0) is 0 Å². The summed E-state index contributed by atoms with van der Waals surface area (Å²) in [5.74, 6) is 0. The molecule has 1 aliphatic rings. The minimum Gasteiger partial charge on any atom is -0.303 e. The summed E-state index contributed by atoms with van der Waals surface area (Å²) >= 11 is 2.53. The number of alkyl halides is 1. The van der Waals surface area contributed by atoms with Gasteiger partial charge in [-0.3, -0.25) is 0 Å². The second kappa shape index (κ2) is 3.01. The van der Waals surface area contributed by atoms with E-state index in [1.165, 1.54) is 26.1 Å². The van der Waals surface area contributed by atoms with Gasteiger partial charge in [0, 0.05) is 10.5 Å². The van der Waals surface area contributed by atoms with Gasteiger partial charge in [-0.2, -0.15) is 0 Å². The molecule has 1 aliphatic heterocycles. The first-order valence-electron chi connectivity index (χ1n) is 3.19. The van der Waals surface area contributed by atoms with Crippen LogP contribution >= 0.6 is 22.6 Å². The van der Waals surface area contributed by atoms with Crippen LogP contribution in [0, 0.1) is 0 Å². The molecule has 1 heterocycles. The fourth-order valence-corrected chi connectivity index (χ4v) is 1.91. The van der Waals surface area contributed by atoms with Crippen molar-refractivity contribution in [3.63, 3.8) is 0 Å². The third-order valence-corrected chi connectivity index (χ3v) is 2.68. The smallest absolute Gasteiger partial charge is 0.0249 e. The van der Waals surface area contributed by atoms with Gasteiger partial charge in [0.05, 0.1) is 0 Å². The van der Waals surface area contributed by atoms with Gasteiger partial charge in [-0.25, -0.2) is 0 Å². The molecular weight excluding hydrogens is 213 g/mol. The summed E-state index contributed by atoms with van der Waals surface area (Å²) in [5, 5.41) is 0. The van der Waals surface area contributed by atoms with E-state index in [9.17, 15) is 0 Å². The van der Waals surface area contributed by atoms with Crippen molar-refractivity contribution in [3.05, 3.63) is 0 Å². The van der Waals surface area contributed by atoms with E-state index in [2.05, 4.69) is 34.4 Å². The lowest BCUT2D eigenvalue weighted by molar-refractivity contribution is 0.360. The van der Waals surface area contributed by atoms with Gasteiger partial charge in [0.15, 0.2) is 0 Å². The highest BCUT2D eigenvalue weighted by molar-refractivity contribution is 14.1. The molecule has 0 aliphatic carbocycles. The monoisotopic (exact) mass is 225 g/mol. The van der Waals surface area contributed by atoms with E-state index in [1.807, 2.05) is 0 Å². The Morgan fingerprint density at radius 3 is 2.75 bits per heavy atom. The van der Waals surface area contributed by atoms with Gasteiger partial charge in [0.2, 0.25) is 0 Å². The van der Waals surface area contributed by atoms with Crippen LogP contribution in [0.3, 0.4) is 0 Å². The number of halogens is 1. The molecule has 8 heavy (non-hydrogen) atoms. The van der Waals surface area contributed by atoms with Crippen molar-refractivity contribution in [2.75, 3.05) is 19.6 Å². The van der Waals surface area contributed by atoms with E-state index in [1.54, 1.807) is 0 Å². The van der Waals surface area contributed by atoms with Crippen LogP contribution in [0.15, 0.2) is 0 Å². The highest BCUT2D eigenvalue weighted by Gasteiger charge is 2.17. The van der Waals surface area contributed by atoms with Crippen molar-refractivity contribution in [1.82, 2.24) is 4.90 Å². The van der Waals surface area contributed by atoms with Crippen LogP contribution in [0.4, 0.5) is 0 Å². The molecule has 1 saturated heterocycles. The molecule has 0 unspecified atom stereocenters. The lowest BCUT2D eigenvalue weighted by Crippen LogP contribution is -2.19. The van der Waals surface area contributed by atoms with Gasteiger partial charge in [0.25, 0.3) is 0 Å². The fourth-order valence-electron chi connectivity index (χ4n) is 1.07. The Labute approximate surface area is 64.6 Å². The average Bonchev–Trinajstić information content (AvgIpc) is 2.14. The van der Waals surface area contributed by atoms with Crippen LogP contribution in [0.2, 0.25) is 0 Å². The summed E-state index contributed by atoms with van der Waals surface area (Å²) in [6, 6.07) is 0. The first-order chi connectivity index (χ1) is 3.83. The topological polar surface area (TPSA) is 3.24 Å². The number of nitrogens with zero attached hydrogens (tertiary/aromatic N) is 1. The highest BCUT2D eigenvalue weighted by Crippen LogP contribution is 2.15. The molecule has 1 atom stereocenters. The van der Waals surface area contributed by atoms with E-state index in [0.29, 0.717) is 0 Å². The average molecular weight is 225 g/mol. The second-order valence-electron chi connectivity index (χ2n) is 2.28. The van der Waals surface area contributed by atoms with Crippen molar-refractivity contribution in [1.29, 1.82) is 0 Å². The van der Waals surface area contributed by atoms with E-state index in [-0.39, 0.29) is 0 Å². The van der Waals surface area contributed by atoms with Gasteiger partial charge in [-0.1, -0.05) is 29.5 Å². The largest absolute Gasteiger partial charge is 0.303 e. The molecule has 0 aromatic heterocycles. The van der Waals surface area contributed by atoms with Gasteiger partial charge in [0.1, 0.15) is 0 Å². The predicted molar refractivity (Wildman–Crippen MR) is 44.5 cm³/mol. The Balaban J connectivity index is 2.22. The summed E-state index contributed by atoms with van der Waals surface area (Å²) in [6.45, 7) is 6.11. The molecular formula is C6H12IN. The number of hydrogen-bond donors (Lipinski definition) is 0. The molecule has 0 amide bonds. The van der Waals surface area contributed by atoms with E-state index < -0.39 is 0 Å². The van der Waals surface area contributed by atoms with Crippen LogP contribution in [-0.4, -0.2) is 28.5 Å². The Morgan fingerprint density at radius 2 is 2.50 bits per heavy atom. The van der Waals surface area contributed by atoms with Gasteiger partial charge in [-0.15, -0.1) is 0 Å². The minimum atomic E-state index is 0.924. The molecule has 0 aromatic rings. The third kappa shape index (κ3) is 1.58. The molecule has 0 bridgehead atoms. The molecule has 0 N–H and O–H groups in total. The summed E-state index contributed by atoms with van der Waals surface area (Å²) < 4.78 is 0.924. The Hall–Kier alpha value is 0.690. The van der Waals surface area contributed by atoms with Crippen LogP contribution in [0.25, 0.3) is 0 Å². The van der Waals surface area contributed by atoms with E-state index >= 15 is 0 Å². The second-order valence-corrected chi connectivity index (χ2v) is 4.04.